The molecule has 3 heterocycles. The van der Waals surface area contributed by atoms with Crippen molar-refractivity contribution in [1.82, 2.24) is 15.3 Å². The summed E-state index contributed by atoms with van der Waals surface area (Å²) >= 11 is 0. The van der Waals surface area contributed by atoms with Gasteiger partial charge in [-0.1, -0.05) is 0 Å². The van der Waals surface area contributed by atoms with Gasteiger partial charge in [-0.3, -0.25) is 4.79 Å². The van der Waals surface area contributed by atoms with Gasteiger partial charge in [-0.15, -0.1) is 0 Å². The van der Waals surface area contributed by atoms with Gasteiger partial charge in [0.1, 0.15) is 11.6 Å². The van der Waals surface area contributed by atoms with Gasteiger partial charge in [0.25, 0.3) is 5.56 Å². The minimum atomic E-state index is -0.0124. The lowest BCUT2D eigenvalue weighted by Crippen LogP contribution is -2.32. The first-order valence-corrected chi connectivity index (χ1v) is 6.17. The van der Waals surface area contributed by atoms with Gasteiger partial charge in [-0.05, 0) is 12.1 Å². The van der Waals surface area contributed by atoms with Gasteiger partial charge in [0, 0.05) is 32.4 Å². The van der Waals surface area contributed by atoms with E-state index in [1.807, 2.05) is 12.1 Å². The average Bonchev–Trinajstić information content (AvgIpc) is 2.90. The van der Waals surface area contributed by atoms with Crippen molar-refractivity contribution in [3.8, 4) is 0 Å². The largest absolute Gasteiger partial charge is 0.469 e. The zero-order chi connectivity index (χ0) is 12.4. The third-order valence-corrected chi connectivity index (χ3v) is 3.18. The molecule has 1 aliphatic heterocycles. The lowest BCUT2D eigenvalue weighted by molar-refractivity contribution is 0.505. The SMILES string of the molecule is O=c1[nH]c(CCc2ccco2)nc2c1CNCC2. The smallest absolute Gasteiger partial charge is 0.255 e. The second kappa shape index (κ2) is 4.78. The molecule has 2 aromatic rings. The second-order valence-corrected chi connectivity index (χ2v) is 4.44. The van der Waals surface area contributed by atoms with Crippen LogP contribution >= 0.6 is 0 Å². The van der Waals surface area contributed by atoms with Crippen LogP contribution in [0.15, 0.2) is 27.6 Å². The van der Waals surface area contributed by atoms with Crippen molar-refractivity contribution in [3.63, 3.8) is 0 Å². The van der Waals surface area contributed by atoms with Crippen molar-refractivity contribution in [2.75, 3.05) is 6.54 Å². The zero-order valence-corrected chi connectivity index (χ0v) is 10.0. The van der Waals surface area contributed by atoms with E-state index in [9.17, 15) is 4.79 Å². The maximum Gasteiger partial charge on any atom is 0.255 e. The summed E-state index contributed by atoms with van der Waals surface area (Å²) in [7, 11) is 0. The number of hydrogen-bond acceptors (Lipinski definition) is 4. The number of H-pyrrole nitrogens is 1. The van der Waals surface area contributed by atoms with E-state index >= 15 is 0 Å². The molecule has 0 aromatic carbocycles. The molecule has 0 radical (unpaired) electrons. The topological polar surface area (TPSA) is 70.9 Å². The van der Waals surface area contributed by atoms with E-state index < -0.39 is 0 Å². The average molecular weight is 245 g/mol. The Bertz CT molecular complexity index is 587. The van der Waals surface area contributed by atoms with Crippen molar-refractivity contribution < 1.29 is 4.42 Å². The molecule has 0 saturated carbocycles. The highest BCUT2D eigenvalue weighted by atomic mass is 16.3. The van der Waals surface area contributed by atoms with E-state index in [0.29, 0.717) is 13.0 Å². The van der Waals surface area contributed by atoms with Crippen LogP contribution in [0.25, 0.3) is 0 Å². The molecule has 0 bridgehead atoms. The highest BCUT2D eigenvalue weighted by molar-refractivity contribution is 5.20. The summed E-state index contributed by atoms with van der Waals surface area (Å²) in [6, 6.07) is 3.80. The fraction of sp³-hybridized carbons (Fsp3) is 0.385. The van der Waals surface area contributed by atoms with Crippen LogP contribution in [0.3, 0.4) is 0 Å². The van der Waals surface area contributed by atoms with Gasteiger partial charge in [-0.2, -0.15) is 0 Å². The maximum atomic E-state index is 11.9. The summed E-state index contributed by atoms with van der Waals surface area (Å²) in [5.74, 6) is 1.66. The number of fused-ring (bicyclic) bond motifs is 1. The van der Waals surface area contributed by atoms with Crippen LogP contribution in [0, 0.1) is 0 Å². The second-order valence-electron chi connectivity index (χ2n) is 4.44. The van der Waals surface area contributed by atoms with E-state index in [4.69, 9.17) is 4.42 Å². The van der Waals surface area contributed by atoms with E-state index in [1.165, 1.54) is 0 Å². The Morgan fingerprint density at radius 3 is 3.17 bits per heavy atom. The third kappa shape index (κ3) is 2.22. The Labute approximate surface area is 104 Å². The van der Waals surface area contributed by atoms with Crippen LogP contribution in [0.5, 0.6) is 0 Å². The number of nitrogens with zero attached hydrogens (tertiary/aromatic N) is 1. The fourth-order valence-electron chi connectivity index (χ4n) is 2.22. The predicted octanol–water partition coefficient (Wildman–Crippen LogP) is 0.794. The molecule has 94 valence electrons. The summed E-state index contributed by atoms with van der Waals surface area (Å²) in [4.78, 5) is 19.3. The molecule has 0 spiro atoms. The predicted molar refractivity (Wildman–Crippen MR) is 66.4 cm³/mol. The first-order valence-electron chi connectivity index (χ1n) is 6.17. The molecule has 5 nitrogen and oxygen atoms in total. The third-order valence-electron chi connectivity index (χ3n) is 3.18. The number of hydrogen-bond donors (Lipinski definition) is 2. The normalized spacial score (nSPS) is 14.4. The lowest BCUT2D eigenvalue weighted by atomic mass is 10.1. The standard InChI is InChI=1S/C13H15N3O2/c17-13-10-8-14-6-5-11(10)15-12(16-13)4-3-9-2-1-7-18-9/h1-2,7,14H,3-6,8H2,(H,15,16,17). The Hall–Kier alpha value is -1.88. The van der Waals surface area contributed by atoms with Gasteiger partial charge in [0.2, 0.25) is 0 Å². The van der Waals surface area contributed by atoms with Crippen LogP contribution in [0.2, 0.25) is 0 Å². The van der Waals surface area contributed by atoms with Crippen molar-refractivity contribution in [3.05, 3.63) is 51.6 Å². The molecule has 0 saturated heterocycles. The Kier molecular flexibility index (Phi) is 2.98. The maximum absolute atomic E-state index is 11.9. The van der Waals surface area contributed by atoms with Gasteiger partial charge in [0.05, 0.1) is 17.5 Å². The van der Waals surface area contributed by atoms with Crippen LogP contribution in [-0.2, 0) is 25.8 Å². The molecule has 0 unspecified atom stereocenters. The number of furan rings is 1. The molecule has 2 aromatic heterocycles. The Morgan fingerprint density at radius 2 is 2.33 bits per heavy atom. The van der Waals surface area contributed by atoms with Crippen LogP contribution in [0.4, 0.5) is 0 Å². The molecule has 2 N–H and O–H groups in total. The van der Waals surface area contributed by atoms with Crippen molar-refractivity contribution in [2.24, 2.45) is 0 Å². The molecule has 18 heavy (non-hydrogen) atoms. The van der Waals surface area contributed by atoms with Crippen LogP contribution in [0.1, 0.15) is 22.8 Å². The number of rotatable bonds is 3. The van der Waals surface area contributed by atoms with E-state index in [0.717, 1.165) is 42.2 Å². The molecule has 5 heteroatoms. The summed E-state index contributed by atoms with van der Waals surface area (Å²) in [6.45, 7) is 1.51. The molecule has 3 rings (SSSR count). The highest BCUT2D eigenvalue weighted by Gasteiger charge is 2.14. The number of aromatic nitrogens is 2. The summed E-state index contributed by atoms with van der Waals surface area (Å²) in [5.41, 5.74) is 1.71. The summed E-state index contributed by atoms with van der Waals surface area (Å²) < 4.78 is 5.27. The van der Waals surface area contributed by atoms with Crippen LogP contribution in [-0.4, -0.2) is 16.5 Å². The van der Waals surface area contributed by atoms with Crippen molar-refractivity contribution in [1.29, 1.82) is 0 Å². The summed E-state index contributed by atoms with van der Waals surface area (Å²) in [5, 5.41) is 3.18. The van der Waals surface area contributed by atoms with E-state index in [1.54, 1.807) is 6.26 Å². The van der Waals surface area contributed by atoms with Gasteiger partial charge >= 0.3 is 0 Å². The van der Waals surface area contributed by atoms with E-state index in [-0.39, 0.29) is 5.56 Å². The van der Waals surface area contributed by atoms with Crippen molar-refractivity contribution >= 4 is 0 Å². The minimum Gasteiger partial charge on any atom is -0.469 e. The van der Waals surface area contributed by atoms with Gasteiger partial charge < -0.3 is 14.7 Å². The van der Waals surface area contributed by atoms with Gasteiger partial charge in [-0.25, -0.2) is 4.98 Å². The highest BCUT2D eigenvalue weighted by Crippen LogP contribution is 2.08. The molecular formula is C13H15N3O2. The molecule has 0 aliphatic carbocycles. The monoisotopic (exact) mass is 245 g/mol. The lowest BCUT2D eigenvalue weighted by Gasteiger charge is -2.15. The van der Waals surface area contributed by atoms with E-state index in [2.05, 4.69) is 15.3 Å². The first kappa shape index (κ1) is 11.2. The van der Waals surface area contributed by atoms with Crippen LogP contribution < -0.4 is 10.9 Å². The summed E-state index contributed by atoms with van der Waals surface area (Å²) in [6.07, 6.45) is 3.94. The Morgan fingerprint density at radius 1 is 1.39 bits per heavy atom. The first-order chi connectivity index (χ1) is 8.83. The zero-order valence-electron chi connectivity index (χ0n) is 10.0. The molecule has 0 atom stereocenters. The molecular weight excluding hydrogens is 230 g/mol. The number of aromatic amines is 1. The minimum absolute atomic E-state index is 0.0124. The quantitative estimate of drug-likeness (QED) is 0.839. The molecule has 0 amide bonds. The van der Waals surface area contributed by atoms with Crippen molar-refractivity contribution in [2.45, 2.75) is 25.8 Å². The fourth-order valence-corrected chi connectivity index (χ4v) is 2.22. The number of aryl methyl sites for hydroxylation is 2. The Balaban J connectivity index is 1.80. The van der Waals surface area contributed by atoms with Gasteiger partial charge in [0.15, 0.2) is 0 Å². The number of nitrogens with one attached hydrogen (secondary N) is 2. The molecule has 1 aliphatic rings. The molecule has 0 fully saturated rings.